The molecule has 0 unspecified atom stereocenters. The smallest absolute Gasteiger partial charge is 0.355 e. The summed E-state index contributed by atoms with van der Waals surface area (Å²) >= 11 is 0. The largest absolute Gasteiger partial charge is 0.497 e. The maximum absolute atomic E-state index is 13.2. The standard InChI is InChI=1S/C24H32N6O4/c1-6-17-20(22(31)25-12-11-19-27-14-28-30-19)18(29-21(17)23(32)34-24(2,3)4)13-26-15-7-9-16(33-5)10-8-15/h7-10,14,26,29H,6,11-13H2,1-5H3,(H,25,31)(H,27,28,30). The molecule has 2 heterocycles. The summed E-state index contributed by atoms with van der Waals surface area (Å²) < 4.78 is 10.8. The van der Waals surface area contributed by atoms with E-state index in [4.69, 9.17) is 9.47 Å². The van der Waals surface area contributed by atoms with Crippen molar-refractivity contribution in [1.82, 2.24) is 25.5 Å². The summed E-state index contributed by atoms with van der Waals surface area (Å²) in [6.07, 6.45) is 2.42. The minimum atomic E-state index is -0.659. The molecule has 3 aromatic rings. The van der Waals surface area contributed by atoms with Crippen LogP contribution in [-0.4, -0.2) is 51.3 Å². The van der Waals surface area contributed by atoms with Gasteiger partial charge in [-0.2, -0.15) is 5.10 Å². The maximum atomic E-state index is 13.2. The highest BCUT2D eigenvalue weighted by molar-refractivity contribution is 6.01. The average Bonchev–Trinajstić information content (AvgIpc) is 3.44. The van der Waals surface area contributed by atoms with Crippen molar-refractivity contribution in [1.29, 1.82) is 0 Å². The summed E-state index contributed by atoms with van der Waals surface area (Å²) in [4.78, 5) is 33.3. The number of amides is 1. The Labute approximate surface area is 198 Å². The van der Waals surface area contributed by atoms with Gasteiger partial charge in [0, 0.05) is 24.3 Å². The van der Waals surface area contributed by atoms with Gasteiger partial charge in [-0.15, -0.1) is 0 Å². The number of H-pyrrole nitrogens is 2. The highest BCUT2D eigenvalue weighted by atomic mass is 16.6. The molecule has 3 rings (SSSR count). The summed E-state index contributed by atoms with van der Waals surface area (Å²) in [6.45, 7) is 8.01. The first kappa shape index (κ1) is 24.8. The fourth-order valence-electron chi connectivity index (χ4n) is 3.49. The van der Waals surface area contributed by atoms with E-state index in [1.165, 1.54) is 6.33 Å². The van der Waals surface area contributed by atoms with Crippen LogP contribution < -0.4 is 15.4 Å². The van der Waals surface area contributed by atoms with Crippen molar-refractivity contribution in [2.24, 2.45) is 0 Å². The van der Waals surface area contributed by atoms with Gasteiger partial charge < -0.3 is 25.1 Å². The average molecular weight is 469 g/mol. The number of esters is 1. The fraction of sp³-hybridized carbons (Fsp3) is 0.417. The number of carbonyl (C=O) groups is 2. The molecule has 0 saturated carbocycles. The number of aromatic amines is 2. The van der Waals surface area contributed by atoms with Gasteiger partial charge in [-0.3, -0.25) is 9.89 Å². The van der Waals surface area contributed by atoms with Crippen molar-refractivity contribution in [3.05, 3.63) is 58.9 Å². The molecular formula is C24H32N6O4. The molecule has 0 atom stereocenters. The van der Waals surface area contributed by atoms with Gasteiger partial charge in [-0.05, 0) is 57.0 Å². The van der Waals surface area contributed by atoms with E-state index in [0.717, 1.165) is 11.4 Å². The fourth-order valence-corrected chi connectivity index (χ4v) is 3.49. The predicted molar refractivity (Wildman–Crippen MR) is 128 cm³/mol. The number of methoxy groups -OCH3 is 1. The number of rotatable bonds is 10. The van der Waals surface area contributed by atoms with Crippen LogP contribution >= 0.6 is 0 Å². The summed E-state index contributed by atoms with van der Waals surface area (Å²) in [5.41, 5.74) is 2.16. The molecule has 4 N–H and O–H groups in total. The molecule has 2 aromatic heterocycles. The van der Waals surface area contributed by atoms with Gasteiger partial charge >= 0.3 is 5.97 Å². The van der Waals surface area contributed by atoms with Gasteiger partial charge in [-0.25, -0.2) is 9.78 Å². The van der Waals surface area contributed by atoms with Gasteiger partial charge in [0.1, 0.15) is 29.2 Å². The molecule has 1 aromatic carbocycles. The molecule has 10 heteroatoms. The highest BCUT2D eigenvalue weighted by Crippen LogP contribution is 2.24. The Bertz CT molecular complexity index is 1100. The van der Waals surface area contributed by atoms with E-state index in [1.807, 2.05) is 52.0 Å². The molecule has 0 aliphatic rings. The molecule has 1 amide bonds. The van der Waals surface area contributed by atoms with Crippen LogP contribution in [-0.2, 0) is 24.1 Å². The molecule has 182 valence electrons. The summed E-state index contributed by atoms with van der Waals surface area (Å²) in [5.74, 6) is 0.670. The number of aromatic nitrogens is 4. The van der Waals surface area contributed by atoms with Crippen LogP contribution in [0.3, 0.4) is 0 Å². The van der Waals surface area contributed by atoms with Crippen molar-refractivity contribution in [3.8, 4) is 5.75 Å². The molecule has 0 bridgehead atoms. The van der Waals surface area contributed by atoms with Gasteiger partial charge in [-0.1, -0.05) is 6.92 Å². The van der Waals surface area contributed by atoms with E-state index in [2.05, 4.69) is 30.8 Å². The van der Waals surface area contributed by atoms with Gasteiger partial charge in [0.05, 0.1) is 19.2 Å². The summed E-state index contributed by atoms with van der Waals surface area (Å²) in [7, 11) is 1.61. The summed E-state index contributed by atoms with van der Waals surface area (Å²) in [5, 5.41) is 12.8. The topological polar surface area (TPSA) is 134 Å². The Morgan fingerprint density at radius 3 is 2.47 bits per heavy atom. The molecule has 0 radical (unpaired) electrons. The third-order valence-corrected chi connectivity index (χ3v) is 5.04. The van der Waals surface area contributed by atoms with E-state index < -0.39 is 11.6 Å². The minimum Gasteiger partial charge on any atom is -0.497 e. The molecule has 0 aliphatic heterocycles. The van der Waals surface area contributed by atoms with Crippen LogP contribution in [0.15, 0.2) is 30.6 Å². The van der Waals surface area contributed by atoms with Crippen LogP contribution in [0, 0.1) is 0 Å². The van der Waals surface area contributed by atoms with Crippen molar-refractivity contribution in [2.75, 3.05) is 19.0 Å². The second-order valence-electron chi connectivity index (χ2n) is 8.71. The monoisotopic (exact) mass is 468 g/mol. The number of hydrogen-bond acceptors (Lipinski definition) is 7. The van der Waals surface area contributed by atoms with Crippen LogP contribution in [0.1, 0.15) is 65.6 Å². The number of benzene rings is 1. The molecular weight excluding hydrogens is 436 g/mol. The lowest BCUT2D eigenvalue weighted by Crippen LogP contribution is -2.28. The lowest BCUT2D eigenvalue weighted by molar-refractivity contribution is 0.00622. The molecule has 34 heavy (non-hydrogen) atoms. The first-order valence-corrected chi connectivity index (χ1v) is 11.2. The predicted octanol–water partition coefficient (Wildman–Crippen LogP) is 3.24. The number of nitrogens with one attached hydrogen (secondary N) is 4. The number of hydrogen-bond donors (Lipinski definition) is 4. The lowest BCUT2D eigenvalue weighted by Gasteiger charge is -2.19. The second kappa shape index (κ2) is 10.9. The third-order valence-electron chi connectivity index (χ3n) is 5.04. The lowest BCUT2D eigenvalue weighted by atomic mass is 10.0. The van der Waals surface area contributed by atoms with Crippen LogP contribution in [0.5, 0.6) is 5.75 Å². The van der Waals surface area contributed by atoms with Crippen molar-refractivity contribution in [2.45, 2.75) is 52.7 Å². The second-order valence-corrected chi connectivity index (χ2v) is 8.71. The van der Waals surface area contributed by atoms with Crippen LogP contribution in [0.2, 0.25) is 0 Å². The Morgan fingerprint density at radius 2 is 1.88 bits per heavy atom. The minimum absolute atomic E-state index is 0.269. The maximum Gasteiger partial charge on any atom is 0.355 e. The normalized spacial score (nSPS) is 11.2. The number of ether oxygens (including phenoxy) is 2. The summed E-state index contributed by atoms with van der Waals surface area (Å²) in [6, 6.07) is 7.46. The number of nitrogens with zero attached hydrogens (tertiary/aromatic N) is 2. The van der Waals surface area contributed by atoms with E-state index in [9.17, 15) is 9.59 Å². The Kier molecular flexibility index (Phi) is 7.93. The van der Waals surface area contributed by atoms with Crippen molar-refractivity contribution >= 4 is 17.6 Å². The first-order chi connectivity index (χ1) is 16.2. The first-order valence-electron chi connectivity index (χ1n) is 11.2. The third kappa shape index (κ3) is 6.37. The molecule has 0 aliphatic carbocycles. The molecule has 0 fully saturated rings. The van der Waals surface area contributed by atoms with Gasteiger partial charge in [0.2, 0.25) is 0 Å². The number of carbonyl (C=O) groups excluding carboxylic acids is 2. The number of anilines is 1. The van der Waals surface area contributed by atoms with Gasteiger partial charge in [0.15, 0.2) is 0 Å². The van der Waals surface area contributed by atoms with Crippen LogP contribution in [0.4, 0.5) is 5.69 Å². The van der Waals surface area contributed by atoms with E-state index in [0.29, 0.717) is 54.3 Å². The van der Waals surface area contributed by atoms with Crippen molar-refractivity contribution < 1.29 is 19.1 Å². The Morgan fingerprint density at radius 1 is 1.15 bits per heavy atom. The Hall–Kier alpha value is -3.82. The highest BCUT2D eigenvalue weighted by Gasteiger charge is 2.28. The van der Waals surface area contributed by atoms with Crippen LogP contribution in [0.25, 0.3) is 0 Å². The quantitative estimate of drug-likeness (QED) is 0.336. The van der Waals surface area contributed by atoms with E-state index in [1.54, 1.807) is 7.11 Å². The molecule has 0 saturated heterocycles. The molecule has 10 nitrogen and oxygen atoms in total. The molecule has 0 spiro atoms. The SMILES string of the molecule is CCc1c(C(=O)OC(C)(C)C)[nH]c(CNc2ccc(OC)cc2)c1C(=O)NCCc1ncn[nH]1. The van der Waals surface area contributed by atoms with Gasteiger partial charge in [0.25, 0.3) is 5.91 Å². The van der Waals surface area contributed by atoms with Crippen molar-refractivity contribution in [3.63, 3.8) is 0 Å². The Balaban J connectivity index is 1.85. The zero-order valence-electron chi connectivity index (χ0n) is 20.2. The van der Waals surface area contributed by atoms with E-state index >= 15 is 0 Å². The zero-order chi connectivity index (χ0) is 24.7. The van der Waals surface area contributed by atoms with E-state index in [-0.39, 0.29) is 5.91 Å². The zero-order valence-corrected chi connectivity index (χ0v) is 20.2.